The normalized spacial score (nSPS) is 18.7. The van der Waals surface area contributed by atoms with Crippen LogP contribution in [0.1, 0.15) is 31.4 Å². The molecule has 100 valence electrons. The minimum absolute atomic E-state index is 0.159. The van der Waals surface area contributed by atoms with Crippen LogP contribution in [0.15, 0.2) is 12.1 Å². The molecule has 1 fully saturated rings. The third-order valence-electron chi connectivity index (χ3n) is 3.37. The Kier molecular flexibility index (Phi) is 4.17. The third kappa shape index (κ3) is 3.35. The van der Waals surface area contributed by atoms with Gasteiger partial charge in [0.2, 0.25) is 0 Å². The van der Waals surface area contributed by atoms with Crippen LogP contribution in [0.3, 0.4) is 0 Å². The highest BCUT2D eigenvalue weighted by Crippen LogP contribution is 2.44. The smallest absolute Gasteiger partial charge is 0.126 e. The van der Waals surface area contributed by atoms with Crippen LogP contribution in [0.4, 0.5) is 4.39 Å². The van der Waals surface area contributed by atoms with E-state index in [2.05, 4.69) is 12.2 Å². The number of nitrogens with one attached hydrogen (secondary N) is 1. The molecule has 0 aromatic heterocycles. The molecule has 0 spiro atoms. The van der Waals surface area contributed by atoms with Crippen LogP contribution in [0.2, 0.25) is 10.0 Å². The highest BCUT2D eigenvalue weighted by Gasteiger charge is 2.36. The van der Waals surface area contributed by atoms with E-state index in [0.717, 1.165) is 18.7 Å². The molecule has 0 amide bonds. The second-order valence-electron chi connectivity index (χ2n) is 5.24. The second-order valence-corrected chi connectivity index (χ2v) is 6.05. The highest BCUT2D eigenvalue weighted by molar-refractivity contribution is 6.36. The predicted molar refractivity (Wildman–Crippen MR) is 71.6 cm³/mol. The summed E-state index contributed by atoms with van der Waals surface area (Å²) in [5.74, 6) is -0.501. The van der Waals surface area contributed by atoms with Gasteiger partial charge in [0.1, 0.15) is 5.82 Å². The molecule has 1 aromatic carbocycles. The average Bonchev–Trinajstić information content (AvgIpc) is 2.94. The van der Waals surface area contributed by atoms with E-state index in [-0.39, 0.29) is 10.0 Å². The molecule has 5 heteroatoms. The van der Waals surface area contributed by atoms with Gasteiger partial charge in [-0.25, -0.2) is 4.39 Å². The van der Waals surface area contributed by atoms with E-state index >= 15 is 0 Å². The van der Waals surface area contributed by atoms with Gasteiger partial charge < -0.3 is 10.4 Å². The van der Waals surface area contributed by atoms with Gasteiger partial charge in [-0.05, 0) is 30.4 Å². The molecular weight excluding hydrogens is 276 g/mol. The predicted octanol–water partition coefficient (Wildman–Crippen LogP) is 3.56. The van der Waals surface area contributed by atoms with Crippen LogP contribution in [0.25, 0.3) is 0 Å². The second kappa shape index (κ2) is 5.33. The Labute approximate surface area is 116 Å². The molecule has 1 aliphatic carbocycles. The molecule has 1 saturated carbocycles. The summed E-state index contributed by atoms with van der Waals surface area (Å²) in [6.45, 7) is 3.42. The average molecular weight is 292 g/mol. The number of halogens is 3. The van der Waals surface area contributed by atoms with Gasteiger partial charge in [-0.1, -0.05) is 30.1 Å². The fourth-order valence-corrected chi connectivity index (χ4v) is 2.59. The standard InChI is InChI=1S/C13H16Cl2FNO/c1-13(2-3-13)7-17-6-11(18)12-9(14)4-8(16)5-10(12)15/h4-5,11,17-18H,2-3,6-7H2,1H3. The van der Waals surface area contributed by atoms with Crippen molar-refractivity contribution in [2.24, 2.45) is 5.41 Å². The Bertz CT molecular complexity index is 426. The lowest BCUT2D eigenvalue weighted by Gasteiger charge is -2.17. The van der Waals surface area contributed by atoms with Crippen molar-refractivity contribution in [2.45, 2.75) is 25.9 Å². The lowest BCUT2D eigenvalue weighted by Crippen LogP contribution is -2.27. The van der Waals surface area contributed by atoms with Crippen LogP contribution >= 0.6 is 23.2 Å². The molecule has 2 N–H and O–H groups in total. The Morgan fingerprint density at radius 2 is 1.94 bits per heavy atom. The van der Waals surface area contributed by atoms with E-state index in [1.54, 1.807) is 0 Å². The van der Waals surface area contributed by atoms with Gasteiger partial charge in [0.15, 0.2) is 0 Å². The van der Waals surface area contributed by atoms with Gasteiger partial charge >= 0.3 is 0 Å². The van der Waals surface area contributed by atoms with Crippen molar-refractivity contribution in [1.82, 2.24) is 5.32 Å². The molecule has 1 aromatic rings. The maximum atomic E-state index is 13.0. The number of hydrogen-bond donors (Lipinski definition) is 2. The quantitative estimate of drug-likeness (QED) is 0.869. The Morgan fingerprint density at radius 1 is 1.39 bits per heavy atom. The molecule has 0 heterocycles. The van der Waals surface area contributed by atoms with Crippen LogP contribution in [-0.2, 0) is 0 Å². The number of aliphatic hydroxyl groups is 1. The van der Waals surface area contributed by atoms with Gasteiger partial charge in [0, 0.05) is 18.7 Å². The lowest BCUT2D eigenvalue weighted by atomic mass is 10.1. The third-order valence-corrected chi connectivity index (χ3v) is 4.00. The molecule has 2 nitrogen and oxygen atoms in total. The van der Waals surface area contributed by atoms with Gasteiger partial charge in [-0.15, -0.1) is 0 Å². The molecular formula is C13H16Cl2FNO. The van der Waals surface area contributed by atoms with Crippen molar-refractivity contribution < 1.29 is 9.50 Å². The molecule has 0 bridgehead atoms. The minimum atomic E-state index is -0.826. The van der Waals surface area contributed by atoms with Crippen LogP contribution in [0.5, 0.6) is 0 Å². The summed E-state index contributed by atoms with van der Waals surface area (Å²) in [5, 5.41) is 13.5. The maximum Gasteiger partial charge on any atom is 0.126 e. The lowest BCUT2D eigenvalue weighted by molar-refractivity contribution is 0.172. The van der Waals surface area contributed by atoms with Crippen molar-refractivity contribution in [1.29, 1.82) is 0 Å². The summed E-state index contributed by atoms with van der Waals surface area (Å²) in [7, 11) is 0. The Morgan fingerprint density at radius 3 is 2.44 bits per heavy atom. The van der Waals surface area contributed by atoms with Gasteiger partial charge in [0.25, 0.3) is 0 Å². The molecule has 1 unspecified atom stereocenters. The molecule has 0 aliphatic heterocycles. The number of benzene rings is 1. The van der Waals surface area contributed by atoms with E-state index < -0.39 is 11.9 Å². The molecule has 1 aliphatic rings. The zero-order valence-corrected chi connectivity index (χ0v) is 11.7. The molecule has 1 atom stereocenters. The highest BCUT2D eigenvalue weighted by atomic mass is 35.5. The van der Waals surface area contributed by atoms with E-state index in [1.807, 2.05) is 0 Å². The van der Waals surface area contributed by atoms with Crippen molar-refractivity contribution in [3.63, 3.8) is 0 Å². The monoisotopic (exact) mass is 291 g/mol. The molecule has 0 radical (unpaired) electrons. The van der Waals surface area contributed by atoms with Crippen molar-refractivity contribution >= 4 is 23.2 Å². The molecule has 0 saturated heterocycles. The zero-order valence-electron chi connectivity index (χ0n) is 10.1. The van der Waals surface area contributed by atoms with E-state index in [1.165, 1.54) is 12.8 Å². The summed E-state index contributed by atoms with van der Waals surface area (Å²) in [5.41, 5.74) is 0.754. The topological polar surface area (TPSA) is 32.3 Å². The zero-order chi connectivity index (χ0) is 13.3. The van der Waals surface area contributed by atoms with Crippen LogP contribution in [0, 0.1) is 11.2 Å². The van der Waals surface area contributed by atoms with Crippen LogP contribution in [-0.4, -0.2) is 18.2 Å². The Hall–Kier alpha value is -0.350. The number of aliphatic hydroxyl groups excluding tert-OH is 1. The number of hydrogen-bond acceptors (Lipinski definition) is 2. The van der Waals surface area contributed by atoms with Crippen LogP contribution < -0.4 is 5.32 Å². The van der Waals surface area contributed by atoms with E-state index in [0.29, 0.717) is 17.5 Å². The fourth-order valence-electron chi connectivity index (χ4n) is 1.87. The van der Waals surface area contributed by atoms with Crippen molar-refractivity contribution in [3.05, 3.63) is 33.6 Å². The molecule has 18 heavy (non-hydrogen) atoms. The van der Waals surface area contributed by atoms with E-state index in [4.69, 9.17) is 23.2 Å². The first kappa shape index (κ1) is 14.1. The maximum absolute atomic E-state index is 13.0. The SMILES string of the molecule is CC1(CNCC(O)c2c(Cl)cc(F)cc2Cl)CC1. The largest absolute Gasteiger partial charge is 0.387 e. The summed E-state index contributed by atoms with van der Waals surface area (Å²) in [4.78, 5) is 0. The van der Waals surface area contributed by atoms with Gasteiger partial charge in [-0.3, -0.25) is 0 Å². The summed E-state index contributed by atoms with van der Waals surface area (Å²) in [6, 6.07) is 2.32. The summed E-state index contributed by atoms with van der Waals surface area (Å²) < 4.78 is 13.0. The first-order valence-electron chi connectivity index (χ1n) is 5.94. The summed E-state index contributed by atoms with van der Waals surface area (Å²) in [6.07, 6.45) is 1.61. The van der Waals surface area contributed by atoms with Crippen molar-refractivity contribution in [2.75, 3.05) is 13.1 Å². The number of rotatable bonds is 5. The van der Waals surface area contributed by atoms with Crippen molar-refractivity contribution in [3.8, 4) is 0 Å². The molecule has 2 rings (SSSR count). The first-order valence-corrected chi connectivity index (χ1v) is 6.70. The first-order chi connectivity index (χ1) is 8.41. The minimum Gasteiger partial charge on any atom is -0.387 e. The summed E-state index contributed by atoms with van der Waals surface area (Å²) >= 11 is 11.8. The van der Waals surface area contributed by atoms with E-state index in [9.17, 15) is 9.50 Å². The van der Waals surface area contributed by atoms with Gasteiger partial charge in [-0.2, -0.15) is 0 Å². The Balaban J connectivity index is 1.97. The van der Waals surface area contributed by atoms with Gasteiger partial charge in [0.05, 0.1) is 16.1 Å². The fraction of sp³-hybridized carbons (Fsp3) is 0.538.